The Morgan fingerprint density at radius 3 is 2.79 bits per heavy atom. The van der Waals surface area contributed by atoms with Gasteiger partial charge in [-0.05, 0) is 26.0 Å². The molecule has 158 valence electrons. The van der Waals surface area contributed by atoms with Gasteiger partial charge in [0.1, 0.15) is 5.82 Å². The number of aromatic amines is 1. The highest BCUT2D eigenvalue weighted by atomic mass is 16.3. The minimum atomic E-state index is 0.0805. The van der Waals surface area contributed by atoms with Gasteiger partial charge >= 0.3 is 0 Å². The van der Waals surface area contributed by atoms with E-state index >= 15 is 0 Å². The lowest BCUT2D eigenvalue weighted by Gasteiger charge is -2.36. The predicted molar refractivity (Wildman–Crippen MR) is 110 cm³/mol. The van der Waals surface area contributed by atoms with E-state index in [4.69, 9.17) is 4.42 Å². The quantitative estimate of drug-likeness (QED) is 0.451. The summed E-state index contributed by atoms with van der Waals surface area (Å²) in [5.74, 6) is 2.95. The van der Waals surface area contributed by atoms with Gasteiger partial charge in [-0.3, -0.25) is 19.8 Å². The predicted octanol–water partition coefficient (Wildman–Crippen LogP) is 0.325. The SMILES string of the molecule is CN=C(NCCc1nc(-c2ccco2)n[nH]1)N1CCN(CC(=O)NC(C)C)CC1. The Bertz CT molecular complexity index is 791. The molecule has 0 bridgehead atoms. The fourth-order valence-corrected chi connectivity index (χ4v) is 3.24. The number of nitrogens with one attached hydrogen (secondary N) is 3. The van der Waals surface area contributed by atoms with Crippen molar-refractivity contribution in [1.29, 1.82) is 0 Å². The Kier molecular flexibility index (Phi) is 7.23. The van der Waals surface area contributed by atoms with Gasteiger partial charge in [-0.1, -0.05) is 0 Å². The molecule has 3 heterocycles. The van der Waals surface area contributed by atoms with E-state index < -0.39 is 0 Å². The number of hydrogen-bond donors (Lipinski definition) is 3. The van der Waals surface area contributed by atoms with Crippen molar-refractivity contribution in [2.75, 3.05) is 46.3 Å². The maximum atomic E-state index is 11.9. The number of carbonyl (C=O) groups excluding carboxylic acids is 1. The summed E-state index contributed by atoms with van der Waals surface area (Å²) < 4.78 is 5.31. The lowest BCUT2D eigenvalue weighted by molar-refractivity contribution is -0.123. The zero-order chi connectivity index (χ0) is 20.6. The number of amides is 1. The average molecular weight is 403 g/mol. The van der Waals surface area contributed by atoms with Crippen molar-refractivity contribution in [3.63, 3.8) is 0 Å². The van der Waals surface area contributed by atoms with Crippen LogP contribution in [0.15, 0.2) is 27.8 Å². The second-order valence-electron chi connectivity index (χ2n) is 7.29. The number of furan rings is 1. The number of carbonyl (C=O) groups is 1. The van der Waals surface area contributed by atoms with Gasteiger partial charge in [0.15, 0.2) is 11.7 Å². The summed E-state index contributed by atoms with van der Waals surface area (Å²) in [6, 6.07) is 3.82. The fourth-order valence-electron chi connectivity index (χ4n) is 3.24. The molecule has 3 N–H and O–H groups in total. The topological polar surface area (TPSA) is 115 Å². The molecule has 0 aliphatic carbocycles. The van der Waals surface area contributed by atoms with Crippen molar-refractivity contribution < 1.29 is 9.21 Å². The molecule has 2 aromatic rings. The van der Waals surface area contributed by atoms with Crippen LogP contribution in [-0.2, 0) is 11.2 Å². The molecular weight excluding hydrogens is 372 g/mol. The summed E-state index contributed by atoms with van der Waals surface area (Å²) in [5, 5.41) is 13.4. The lowest BCUT2D eigenvalue weighted by atomic mass is 10.3. The molecule has 1 fully saturated rings. The molecule has 0 spiro atoms. The summed E-state index contributed by atoms with van der Waals surface area (Å²) in [6.07, 6.45) is 2.30. The molecule has 0 aromatic carbocycles. The van der Waals surface area contributed by atoms with Gasteiger partial charge in [0.2, 0.25) is 11.7 Å². The highest BCUT2D eigenvalue weighted by Gasteiger charge is 2.21. The van der Waals surface area contributed by atoms with Crippen LogP contribution >= 0.6 is 0 Å². The molecule has 3 rings (SSSR count). The molecule has 0 unspecified atom stereocenters. The van der Waals surface area contributed by atoms with Crippen molar-refractivity contribution in [1.82, 2.24) is 35.6 Å². The second-order valence-corrected chi connectivity index (χ2v) is 7.29. The van der Waals surface area contributed by atoms with E-state index in [1.165, 1.54) is 0 Å². The van der Waals surface area contributed by atoms with Gasteiger partial charge in [0.05, 0.1) is 12.8 Å². The zero-order valence-corrected chi connectivity index (χ0v) is 17.3. The molecule has 1 aliphatic heterocycles. The zero-order valence-electron chi connectivity index (χ0n) is 17.3. The van der Waals surface area contributed by atoms with Crippen LogP contribution in [0.5, 0.6) is 0 Å². The second kappa shape index (κ2) is 10.1. The number of nitrogens with zero attached hydrogens (tertiary/aromatic N) is 5. The minimum absolute atomic E-state index is 0.0805. The lowest BCUT2D eigenvalue weighted by Crippen LogP contribution is -2.54. The Balaban J connectivity index is 1.40. The molecule has 1 saturated heterocycles. The third kappa shape index (κ3) is 6.05. The molecule has 10 heteroatoms. The Labute approximate surface area is 170 Å². The van der Waals surface area contributed by atoms with Gasteiger partial charge in [0, 0.05) is 52.2 Å². The normalized spacial score (nSPS) is 15.7. The first-order chi connectivity index (χ1) is 14.0. The largest absolute Gasteiger partial charge is 0.461 e. The third-order valence-corrected chi connectivity index (χ3v) is 4.62. The molecule has 0 atom stereocenters. The van der Waals surface area contributed by atoms with Crippen LogP contribution in [0.2, 0.25) is 0 Å². The van der Waals surface area contributed by atoms with Crippen LogP contribution in [0.1, 0.15) is 19.7 Å². The molecule has 0 saturated carbocycles. The fraction of sp³-hybridized carbons (Fsp3) is 0.579. The summed E-state index contributed by atoms with van der Waals surface area (Å²) >= 11 is 0. The van der Waals surface area contributed by atoms with Crippen LogP contribution in [0.4, 0.5) is 0 Å². The highest BCUT2D eigenvalue weighted by Crippen LogP contribution is 2.14. The Morgan fingerprint density at radius 2 is 2.14 bits per heavy atom. The number of hydrogen-bond acceptors (Lipinski definition) is 6. The standard InChI is InChI=1S/C19H30N8O2/c1-14(2)22-17(28)13-26-8-10-27(11-9-26)19(20-3)21-7-6-16-23-18(25-24-16)15-5-4-12-29-15/h4-5,12,14H,6-11,13H2,1-3H3,(H,20,21)(H,22,28)(H,23,24,25). The number of H-pyrrole nitrogens is 1. The molecule has 0 radical (unpaired) electrons. The van der Waals surface area contributed by atoms with Crippen LogP contribution in [-0.4, -0.2) is 89.2 Å². The number of piperazine rings is 1. The average Bonchev–Trinajstić information content (AvgIpc) is 3.37. The van der Waals surface area contributed by atoms with Crippen molar-refractivity contribution in [2.24, 2.45) is 4.99 Å². The van der Waals surface area contributed by atoms with E-state index in [1.807, 2.05) is 26.0 Å². The van der Waals surface area contributed by atoms with E-state index in [0.717, 1.165) is 38.0 Å². The van der Waals surface area contributed by atoms with E-state index in [0.29, 0.717) is 31.1 Å². The van der Waals surface area contributed by atoms with E-state index in [-0.39, 0.29) is 11.9 Å². The summed E-state index contributed by atoms with van der Waals surface area (Å²) in [4.78, 5) is 25.1. The molecule has 1 amide bonds. The van der Waals surface area contributed by atoms with Gasteiger partial charge in [0.25, 0.3) is 0 Å². The van der Waals surface area contributed by atoms with Crippen molar-refractivity contribution >= 4 is 11.9 Å². The smallest absolute Gasteiger partial charge is 0.234 e. The molecule has 1 aliphatic rings. The van der Waals surface area contributed by atoms with Crippen molar-refractivity contribution in [2.45, 2.75) is 26.3 Å². The van der Waals surface area contributed by atoms with Gasteiger partial charge in [-0.2, -0.15) is 5.10 Å². The van der Waals surface area contributed by atoms with E-state index in [2.05, 4.69) is 40.6 Å². The summed E-state index contributed by atoms with van der Waals surface area (Å²) in [6.45, 7) is 8.42. The molecule has 10 nitrogen and oxygen atoms in total. The number of guanidine groups is 1. The molecule has 2 aromatic heterocycles. The first kappa shape index (κ1) is 20.8. The summed E-state index contributed by atoms with van der Waals surface area (Å²) in [7, 11) is 1.79. The van der Waals surface area contributed by atoms with Crippen LogP contribution in [0, 0.1) is 0 Å². The number of aromatic nitrogens is 3. The first-order valence-corrected chi connectivity index (χ1v) is 9.97. The van der Waals surface area contributed by atoms with Crippen LogP contribution < -0.4 is 10.6 Å². The van der Waals surface area contributed by atoms with Crippen molar-refractivity contribution in [3.8, 4) is 11.6 Å². The monoisotopic (exact) mass is 402 g/mol. The molecular formula is C19H30N8O2. The van der Waals surface area contributed by atoms with Crippen molar-refractivity contribution in [3.05, 3.63) is 24.2 Å². The van der Waals surface area contributed by atoms with E-state index in [1.54, 1.807) is 13.3 Å². The maximum absolute atomic E-state index is 11.9. The number of aliphatic imine (C=N–C) groups is 1. The number of rotatable bonds is 7. The van der Waals surface area contributed by atoms with Crippen LogP contribution in [0.25, 0.3) is 11.6 Å². The minimum Gasteiger partial charge on any atom is -0.461 e. The third-order valence-electron chi connectivity index (χ3n) is 4.62. The van der Waals surface area contributed by atoms with Crippen LogP contribution in [0.3, 0.4) is 0 Å². The summed E-state index contributed by atoms with van der Waals surface area (Å²) in [5.41, 5.74) is 0. The van der Waals surface area contributed by atoms with Gasteiger partial charge < -0.3 is 20.0 Å². The van der Waals surface area contributed by atoms with Gasteiger partial charge in [-0.25, -0.2) is 4.98 Å². The highest BCUT2D eigenvalue weighted by molar-refractivity contribution is 5.80. The van der Waals surface area contributed by atoms with Gasteiger partial charge in [-0.15, -0.1) is 0 Å². The Hall–Kier alpha value is -2.88. The Morgan fingerprint density at radius 1 is 1.34 bits per heavy atom. The maximum Gasteiger partial charge on any atom is 0.234 e. The van der Waals surface area contributed by atoms with E-state index in [9.17, 15) is 4.79 Å². The molecule has 29 heavy (non-hydrogen) atoms. The first-order valence-electron chi connectivity index (χ1n) is 9.97.